The van der Waals surface area contributed by atoms with Crippen molar-refractivity contribution in [2.75, 3.05) is 26.3 Å². The molecule has 0 saturated carbocycles. The molecule has 0 saturated heterocycles. The molecule has 0 radical (unpaired) electrons. The van der Waals surface area contributed by atoms with Crippen LogP contribution in [0.5, 0.6) is 5.75 Å². The van der Waals surface area contributed by atoms with Crippen LogP contribution < -0.4 is 10.1 Å². The van der Waals surface area contributed by atoms with E-state index in [1.165, 1.54) is 0 Å². The van der Waals surface area contributed by atoms with Gasteiger partial charge in [-0.2, -0.15) is 0 Å². The molecule has 0 aromatic heterocycles. The Morgan fingerprint density at radius 1 is 1.28 bits per heavy atom. The Morgan fingerprint density at radius 3 is 2.72 bits per heavy atom. The summed E-state index contributed by atoms with van der Waals surface area (Å²) in [6.45, 7) is 6.52. The van der Waals surface area contributed by atoms with E-state index >= 15 is 0 Å². The van der Waals surface area contributed by atoms with Crippen molar-refractivity contribution >= 4 is 11.8 Å². The first-order valence-corrected chi connectivity index (χ1v) is 11.3. The first-order valence-electron chi connectivity index (χ1n) is 11.3. The van der Waals surface area contributed by atoms with Gasteiger partial charge in [-0.05, 0) is 32.4 Å². The van der Waals surface area contributed by atoms with Gasteiger partial charge in [-0.15, -0.1) is 0 Å². The van der Waals surface area contributed by atoms with E-state index in [-0.39, 0.29) is 37.5 Å². The van der Waals surface area contributed by atoms with E-state index in [4.69, 9.17) is 14.6 Å². The van der Waals surface area contributed by atoms with Gasteiger partial charge in [0.15, 0.2) is 0 Å². The fourth-order valence-electron chi connectivity index (χ4n) is 4.39. The molecule has 4 atom stereocenters. The fourth-order valence-corrected chi connectivity index (χ4v) is 4.39. The van der Waals surface area contributed by atoms with E-state index in [0.29, 0.717) is 30.9 Å². The third-order valence-corrected chi connectivity index (χ3v) is 5.85. The third-order valence-electron chi connectivity index (χ3n) is 5.85. The molecule has 1 heterocycles. The van der Waals surface area contributed by atoms with Crippen LogP contribution in [0.2, 0.25) is 0 Å². The van der Waals surface area contributed by atoms with Crippen LogP contribution in [-0.2, 0) is 14.3 Å². The summed E-state index contributed by atoms with van der Waals surface area (Å²) in [5.41, 5.74) is 1.27. The highest BCUT2D eigenvalue weighted by atomic mass is 16.5. The molecule has 1 aliphatic heterocycles. The van der Waals surface area contributed by atoms with Gasteiger partial charge in [-0.25, -0.2) is 0 Å². The first kappa shape index (κ1) is 24.2. The average molecular weight is 447 g/mol. The second-order valence-corrected chi connectivity index (χ2v) is 8.39. The largest absolute Gasteiger partial charge is 0.486 e. The summed E-state index contributed by atoms with van der Waals surface area (Å²) in [5.74, 6) is -0.266. The van der Waals surface area contributed by atoms with E-state index in [1.54, 1.807) is 17.9 Å². The third kappa shape index (κ3) is 5.14. The number of nitrogens with one attached hydrogen (secondary N) is 1. The zero-order valence-corrected chi connectivity index (χ0v) is 19.0. The first-order chi connectivity index (χ1) is 15.4. The number of hydrogen-bond acceptors (Lipinski definition) is 6. The second kappa shape index (κ2) is 10.9. The molecule has 0 fully saturated rings. The summed E-state index contributed by atoms with van der Waals surface area (Å²) < 4.78 is 11.7. The molecule has 1 aromatic carbocycles. The van der Waals surface area contributed by atoms with Crippen molar-refractivity contribution in [1.29, 1.82) is 0 Å². The number of fused-ring (bicyclic) bond motifs is 3. The van der Waals surface area contributed by atoms with E-state index in [1.807, 2.05) is 38.1 Å². The fraction of sp³-hybridized carbons (Fsp3) is 0.583. The van der Waals surface area contributed by atoms with Crippen molar-refractivity contribution in [3.63, 3.8) is 0 Å². The molecule has 1 aromatic rings. The normalized spacial score (nSPS) is 23.8. The summed E-state index contributed by atoms with van der Waals surface area (Å²) >= 11 is 0. The Balaban J connectivity index is 1.93. The van der Waals surface area contributed by atoms with Gasteiger partial charge in [0.1, 0.15) is 18.0 Å². The van der Waals surface area contributed by atoms with Crippen molar-refractivity contribution in [1.82, 2.24) is 10.2 Å². The van der Waals surface area contributed by atoms with Crippen LogP contribution in [0.4, 0.5) is 0 Å². The smallest absolute Gasteiger partial charge is 0.247 e. The molecule has 3 rings (SSSR count). The molecular weight excluding hydrogens is 412 g/mol. The molecule has 8 heteroatoms. The number of para-hydroxylation sites is 1. The maximum absolute atomic E-state index is 13.0. The Morgan fingerprint density at radius 2 is 2.03 bits per heavy atom. The quantitative estimate of drug-likeness (QED) is 0.469. The average Bonchev–Trinajstić information content (AvgIpc) is 3.18. The lowest BCUT2D eigenvalue weighted by atomic mass is 9.77. The van der Waals surface area contributed by atoms with Gasteiger partial charge >= 0.3 is 0 Å². The Kier molecular flexibility index (Phi) is 8.28. The van der Waals surface area contributed by atoms with Gasteiger partial charge < -0.3 is 29.9 Å². The zero-order valence-electron chi connectivity index (χ0n) is 19.0. The van der Waals surface area contributed by atoms with Crippen molar-refractivity contribution in [3.8, 4) is 5.75 Å². The number of rotatable bonds is 10. The lowest BCUT2D eigenvalue weighted by molar-refractivity contribution is -0.137. The molecule has 1 aliphatic carbocycles. The number of benzene rings is 1. The molecular formula is C24H34N2O6. The molecule has 0 bridgehead atoms. The molecule has 0 spiro atoms. The minimum absolute atomic E-state index is 0.0958. The Hall–Kier alpha value is -2.42. The summed E-state index contributed by atoms with van der Waals surface area (Å²) in [6, 6.07) is 6.71. The zero-order chi connectivity index (χ0) is 23.3. The van der Waals surface area contributed by atoms with Gasteiger partial charge in [0.25, 0.3) is 0 Å². The van der Waals surface area contributed by atoms with Crippen molar-refractivity contribution < 1.29 is 29.3 Å². The summed E-state index contributed by atoms with van der Waals surface area (Å²) in [7, 11) is 0. The lowest BCUT2D eigenvalue weighted by Crippen LogP contribution is -2.56. The van der Waals surface area contributed by atoms with Crippen molar-refractivity contribution in [2.24, 2.45) is 0 Å². The Labute approximate surface area is 189 Å². The number of amides is 2. The van der Waals surface area contributed by atoms with Gasteiger partial charge in [0, 0.05) is 37.3 Å². The summed E-state index contributed by atoms with van der Waals surface area (Å²) in [5, 5.41) is 23.1. The number of hydrogen-bond donors (Lipinski definition) is 3. The van der Waals surface area contributed by atoms with Crippen LogP contribution in [0, 0.1) is 0 Å². The van der Waals surface area contributed by atoms with E-state index in [2.05, 4.69) is 5.32 Å². The van der Waals surface area contributed by atoms with Gasteiger partial charge in [-0.1, -0.05) is 25.1 Å². The number of carbonyl (C=O) groups is 2. The minimum Gasteiger partial charge on any atom is -0.486 e. The summed E-state index contributed by atoms with van der Waals surface area (Å²) in [6.07, 6.45) is 1.00. The molecule has 176 valence electrons. The Bertz CT molecular complexity index is 840. The number of ether oxygens (including phenoxy) is 2. The number of aliphatic hydroxyl groups excluding tert-OH is 2. The van der Waals surface area contributed by atoms with E-state index in [9.17, 15) is 14.7 Å². The maximum atomic E-state index is 13.0. The molecule has 2 amide bonds. The van der Waals surface area contributed by atoms with E-state index < -0.39 is 24.2 Å². The van der Waals surface area contributed by atoms with Crippen LogP contribution in [-0.4, -0.2) is 77.6 Å². The molecule has 4 unspecified atom stereocenters. The molecule has 32 heavy (non-hydrogen) atoms. The second-order valence-electron chi connectivity index (χ2n) is 8.39. The SMILES string of the molecule is CCC(=O)N(CCCOC(C)C)C1C=C(C(=O)NCCO)C2c3ccccc3OC2C1O. The topological polar surface area (TPSA) is 108 Å². The van der Waals surface area contributed by atoms with Crippen LogP contribution in [0.25, 0.3) is 0 Å². The predicted octanol–water partition coefficient (Wildman–Crippen LogP) is 1.36. The lowest BCUT2D eigenvalue weighted by Gasteiger charge is -2.40. The highest BCUT2D eigenvalue weighted by Gasteiger charge is 2.50. The molecule has 2 aliphatic rings. The number of aliphatic hydroxyl groups is 2. The predicted molar refractivity (Wildman–Crippen MR) is 119 cm³/mol. The monoisotopic (exact) mass is 446 g/mol. The standard InChI is InChI=1S/C24H34N2O6/c1-4-20(28)26(11-7-13-31-15(2)3)18-14-17(24(30)25-10-12-27)21-16-8-5-6-9-19(16)32-23(21)22(18)29/h5-6,8-9,14-15,18,21-23,27,29H,4,7,10-13H2,1-3H3,(H,25,30). The van der Waals surface area contributed by atoms with Crippen LogP contribution in [0.1, 0.15) is 45.1 Å². The van der Waals surface area contributed by atoms with Gasteiger partial charge in [-0.3, -0.25) is 9.59 Å². The van der Waals surface area contributed by atoms with Gasteiger partial charge in [0.2, 0.25) is 11.8 Å². The molecule has 3 N–H and O–H groups in total. The number of carbonyl (C=O) groups excluding carboxylic acids is 2. The van der Waals surface area contributed by atoms with Crippen molar-refractivity contribution in [2.45, 2.75) is 63.9 Å². The van der Waals surface area contributed by atoms with Crippen molar-refractivity contribution in [3.05, 3.63) is 41.5 Å². The maximum Gasteiger partial charge on any atom is 0.247 e. The number of nitrogens with zero attached hydrogens (tertiary/aromatic N) is 1. The van der Waals surface area contributed by atoms with Gasteiger partial charge in [0.05, 0.1) is 24.7 Å². The highest BCUT2D eigenvalue weighted by Crippen LogP contribution is 2.47. The highest BCUT2D eigenvalue weighted by molar-refractivity contribution is 5.96. The van der Waals surface area contributed by atoms with Crippen LogP contribution in [0.3, 0.4) is 0 Å². The molecule has 8 nitrogen and oxygen atoms in total. The summed E-state index contributed by atoms with van der Waals surface area (Å²) in [4.78, 5) is 27.4. The van der Waals surface area contributed by atoms with Crippen LogP contribution in [0.15, 0.2) is 35.9 Å². The van der Waals surface area contributed by atoms with Crippen LogP contribution >= 0.6 is 0 Å². The minimum atomic E-state index is -0.997. The van der Waals surface area contributed by atoms with E-state index in [0.717, 1.165) is 5.56 Å².